The molecule has 0 unspecified atom stereocenters. The van der Waals surface area contributed by atoms with Gasteiger partial charge in [-0.05, 0) is 31.2 Å². The van der Waals surface area contributed by atoms with Crippen molar-refractivity contribution in [2.24, 2.45) is 0 Å². The number of methoxy groups -OCH3 is 1. The molecule has 0 aliphatic carbocycles. The number of rotatable bonds is 7. The standard InChI is InChI=1S/C17H20N4O3/c1-3-18-15(22)11-20-17(23)12-7-6-10-19-16(12)21-13-8-4-5-9-14(13)24-2/h4-10H,3,11H2,1-2H3,(H,18,22)(H,19,21)(H,20,23). The molecule has 0 saturated heterocycles. The molecule has 0 fully saturated rings. The summed E-state index contributed by atoms with van der Waals surface area (Å²) in [6.45, 7) is 2.24. The minimum Gasteiger partial charge on any atom is -0.495 e. The second kappa shape index (κ2) is 8.52. The molecular formula is C17H20N4O3. The zero-order valence-corrected chi connectivity index (χ0v) is 13.6. The van der Waals surface area contributed by atoms with Gasteiger partial charge < -0.3 is 20.7 Å². The van der Waals surface area contributed by atoms with Gasteiger partial charge in [-0.25, -0.2) is 4.98 Å². The molecule has 1 heterocycles. The Hall–Kier alpha value is -3.09. The first-order chi connectivity index (χ1) is 11.7. The van der Waals surface area contributed by atoms with E-state index >= 15 is 0 Å². The highest BCUT2D eigenvalue weighted by Gasteiger charge is 2.14. The van der Waals surface area contributed by atoms with Crippen LogP contribution in [0.25, 0.3) is 0 Å². The third-order valence-electron chi connectivity index (χ3n) is 3.20. The Balaban J connectivity index is 2.15. The van der Waals surface area contributed by atoms with Gasteiger partial charge in [-0.3, -0.25) is 9.59 Å². The van der Waals surface area contributed by atoms with Gasteiger partial charge in [0.2, 0.25) is 5.91 Å². The first-order valence-corrected chi connectivity index (χ1v) is 7.55. The van der Waals surface area contributed by atoms with E-state index in [0.717, 1.165) is 0 Å². The quantitative estimate of drug-likeness (QED) is 0.719. The van der Waals surface area contributed by atoms with E-state index in [9.17, 15) is 9.59 Å². The number of para-hydroxylation sites is 2. The molecule has 2 amide bonds. The molecule has 0 aliphatic rings. The Morgan fingerprint density at radius 3 is 2.67 bits per heavy atom. The van der Waals surface area contributed by atoms with E-state index in [2.05, 4.69) is 20.9 Å². The number of anilines is 2. The molecule has 3 N–H and O–H groups in total. The van der Waals surface area contributed by atoms with Crippen molar-refractivity contribution < 1.29 is 14.3 Å². The van der Waals surface area contributed by atoms with Crippen molar-refractivity contribution in [2.75, 3.05) is 25.5 Å². The highest BCUT2D eigenvalue weighted by molar-refractivity contribution is 6.01. The largest absolute Gasteiger partial charge is 0.495 e. The molecule has 7 nitrogen and oxygen atoms in total. The lowest BCUT2D eigenvalue weighted by atomic mass is 10.2. The highest BCUT2D eigenvalue weighted by atomic mass is 16.5. The molecule has 0 aliphatic heterocycles. The second-order valence-corrected chi connectivity index (χ2v) is 4.86. The van der Waals surface area contributed by atoms with Gasteiger partial charge in [0.15, 0.2) is 0 Å². The smallest absolute Gasteiger partial charge is 0.255 e. The molecule has 0 saturated carbocycles. The summed E-state index contributed by atoms with van der Waals surface area (Å²) in [5, 5.41) is 8.28. The van der Waals surface area contributed by atoms with Crippen molar-refractivity contribution in [1.29, 1.82) is 0 Å². The summed E-state index contributed by atoms with van der Waals surface area (Å²) in [6, 6.07) is 10.6. The number of nitrogens with one attached hydrogen (secondary N) is 3. The lowest BCUT2D eigenvalue weighted by Gasteiger charge is -2.13. The van der Waals surface area contributed by atoms with Crippen LogP contribution in [0.2, 0.25) is 0 Å². The van der Waals surface area contributed by atoms with Crippen molar-refractivity contribution in [3.8, 4) is 5.75 Å². The second-order valence-electron chi connectivity index (χ2n) is 4.86. The maximum absolute atomic E-state index is 12.3. The van der Waals surface area contributed by atoms with E-state index in [1.807, 2.05) is 25.1 Å². The summed E-state index contributed by atoms with van der Waals surface area (Å²) in [6.07, 6.45) is 1.58. The lowest BCUT2D eigenvalue weighted by Crippen LogP contribution is -2.37. The molecule has 0 spiro atoms. The van der Waals surface area contributed by atoms with Crippen molar-refractivity contribution in [1.82, 2.24) is 15.6 Å². The number of amides is 2. The minimum atomic E-state index is -0.383. The summed E-state index contributed by atoms with van der Waals surface area (Å²) in [5.74, 6) is 0.396. The average molecular weight is 328 g/mol. The monoisotopic (exact) mass is 328 g/mol. The topological polar surface area (TPSA) is 92.4 Å². The van der Waals surface area contributed by atoms with E-state index < -0.39 is 0 Å². The van der Waals surface area contributed by atoms with Crippen molar-refractivity contribution >= 4 is 23.3 Å². The predicted octanol–water partition coefficient (Wildman–Crippen LogP) is 1.70. The molecule has 0 radical (unpaired) electrons. The van der Waals surface area contributed by atoms with Crippen LogP contribution < -0.4 is 20.7 Å². The Kier molecular flexibility index (Phi) is 6.13. The van der Waals surface area contributed by atoms with Gasteiger partial charge in [0.25, 0.3) is 5.91 Å². The molecule has 2 rings (SSSR count). The van der Waals surface area contributed by atoms with E-state index in [1.165, 1.54) is 0 Å². The van der Waals surface area contributed by atoms with Crippen LogP contribution in [0.4, 0.5) is 11.5 Å². The fourth-order valence-electron chi connectivity index (χ4n) is 2.08. The fourth-order valence-corrected chi connectivity index (χ4v) is 2.08. The summed E-state index contributed by atoms with van der Waals surface area (Å²) < 4.78 is 5.28. The number of aromatic nitrogens is 1. The molecule has 1 aromatic heterocycles. The molecule has 7 heteroatoms. The van der Waals surface area contributed by atoms with Crippen LogP contribution in [0.5, 0.6) is 5.75 Å². The number of carbonyl (C=O) groups is 2. The van der Waals surface area contributed by atoms with Crippen molar-refractivity contribution in [3.63, 3.8) is 0 Å². The van der Waals surface area contributed by atoms with E-state index in [1.54, 1.807) is 31.5 Å². The predicted molar refractivity (Wildman–Crippen MR) is 91.5 cm³/mol. The molecule has 24 heavy (non-hydrogen) atoms. The zero-order chi connectivity index (χ0) is 17.4. The molecule has 1 aromatic carbocycles. The number of pyridine rings is 1. The first-order valence-electron chi connectivity index (χ1n) is 7.55. The third kappa shape index (κ3) is 4.45. The Morgan fingerprint density at radius 1 is 1.12 bits per heavy atom. The van der Waals surface area contributed by atoms with Crippen LogP contribution >= 0.6 is 0 Å². The Morgan fingerprint density at radius 2 is 1.92 bits per heavy atom. The summed E-state index contributed by atoms with van der Waals surface area (Å²) >= 11 is 0. The normalized spacial score (nSPS) is 9.92. The number of carbonyl (C=O) groups excluding carboxylic acids is 2. The van der Waals surface area contributed by atoms with Crippen molar-refractivity contribution in [3.05, 3.63) is 48.2 Å². The lowest BCUT2D eigenvalue weighted by molar-refractivity contribution is -0.120. The fraction of sp³-hybridized carbons (Fsp3) is 0.235. The van der Waals surface area contributed by atoms with Crippen LogP contribution in [0.3, 0.4) is 0 Å². The Bertz CT molecular complexity index is 718. The van der Waals surface area contributed by atoms with Crippen LogP contribution in [0.15, 0.2) is 42.6 Å². The third-order valence-corrected chi connectivity index (χ3v) is 3.20. The van der Waals surface area contributed by atoms with Crippen LogP contribution in [0, 0.1) is 0 Å². The van der Waals surface area contributed by atoms with Gasteiger partial charge in [0.05, 0.1) is 24.9 Å². The molecule has 0 bridgehead atoms. The van der Waals surface area contributed by atoms with Crippen LogP contribution in [-0.2, 0) is 4.79 Å². The molecule has 2 aromatic rings. The highest BCUT2D eigenvalue weighted by Crippen LogP contribution is 2.27. The average Bonchev–Trinajstić information content (AvgIpc) is 2.61. The van der Waals surface area contributed by atoms with E-state index in [0.29, 0.717) is 29.4 Å². The van der Waals surface area contributed by atoms with Gasteiger partial charge in [0, 0.05) is 12.7 Å². The number of likely N-dealkylation sites (N-methyl/N-ethyl adjacent to an activating group) is 1. The maximum atomic E-state index is 12.3. The maximum Gasteiger partial charge on any atom is 0.255 e. The van der Waals surface area contributed by atoms with E-state index in [4.69, 9.17) is 4.74 Å². The van der Waals surface area contributed by atoms with Gasteiger partial charge in [-0.1, -0.05) is 12.1 Å². The van der Waals surface area contributed by atoms with Gasteiger partial charge in [-0.15, -0.1) is 0 Å². The molecule has 126 valence electrons. The van der Waals surface area contributed by atoms with Crippen LogP contribution in [0.1, 0.15) is 17.3 Å². The summed E-state index contributed by atoms with van der Waals surface area (Å²) in [5.41, 5.74) is 1.03. The summed E-state index contributed by atoms with van der Waals surface area (Å²) in [4.78, 5) is 28.0. The van der Waals surface area contributed by atoms with Gasteiger partial charge in [0.1, 0.15) is 11.6 Å². The molecule has 0 atom stereocenters. The van der Waals surface area contributed by atoms with Gasteiger partial charge in [-0.2, -0.15) is 0 Å². The Labute approximate surface area is 140 Å². The number of nitrogens with zero attached hydrogens (tertiary/aromatic N) is 1. The number of benzene rings is 1. The summed E-state index contributed by atoms with van der Waals surface area (Å²) in [7, 11) is 1.57. The SMILES string of the molecule is CCNC(=O)CNC(=O)c1cccnc1Nc1ccccc1OC. The van der Waals surface area contributed by atoms with Gasteiger partial charge >= 0.3 is 0 Å². The molecular weight excluding hydrogens is 308 g/mol. The number of ether oxygens (including phenoxy) is 1. The van der Waals surface area contributed by atoms with E-state index in [-0.39, 0.29) is 18.4 Å². The number of hydrogen-bond donors (Lipinski definition) is 3. The van der Waals surface area contributed by atoms with Crippen molar-refractivity contribution in [2.45, 2.75) is 6.92 Å². The number of hydrogen-bond acceptors (Lipinski definition) is 5. The van der Waals surface area contributed by atoms with Crippen LogP contribution in [-0.4, -0.2) is 37.0 Å². The first kappa shape index (κ1) is 17.3. The zero-order valence-electron chi connectivity index (χ0n) is 13.6. The minimum absolute atomic E-state index is 0.0876.